The molecule has 1 aromatic heterocycles. The number of aryl methyl sites for hydroxylation is 1. The Labute approximate surface area is 123 Å². The van der Waals surface area contributed by atoms with Crippen LogP contribution in [-0.4, -0.2) is 26.7 Å². The van der Waals surface area contributed by atoms with Crippen molar-refractivity contribution >= 4 is 11.6 Å². The maximum absolute atomic E-state index is 11.6. The second-order valence-corrected chi connectivity index (χ2v) is 5.40. The highest BCUT2D eigenvalue weighted by Crippen LogP contribution is 2.24. The fourth-order valence-electron chi connectivity index (χ4n) is 2.48. The molecule has 0 bridgehead atoms. The van der Waals surface area contributed by atoms with E-state index in [1.54, 1.807) is 6.92 Å². The molecule has 6 nitrogen and oxygen atoms in total. The summed E-state index contributed by atoms with van der Waals surface area (Å²) in [6.45, 7) is 2.63. The molecule has 1 atom stereocenters. The zero-order valence-electron chi connectivity index (χ0n) is 12.0. The van der Waals surface area contributed by atoms with Gasteiger partial charge in [0, 0.05) is 24.2 Å². The molecule has 2 aromatic rings. The van der Waals surface area contributed by atoms with Gasteiger partial charge in [0.15, 0.2) is 5.82 Å². The summed E-state index contributed by atoms with van der Waals surface area (Å²) >= 11 is 0. The highest BCUT2D eigenvalue weighted by molar-refractivity contribution is 5.94. The summed E-state index contributed by atoms with van der Waals surface area (Å²) in [5.41, 5.74) is 7.28. The van der Waals surface area contributed by atoms with E-state index in [1.807, 2.05) is 24.3 Å². The van der Waals surface area contributed by atoms with Crippen LogP contribution in [0.5, 0.6) is 0 Å². The number of carbonyl (C=O) groups is 1. The summed E-state index contributed by atoms with van der Waals surface area (Å²) in [7, 11) is 0. The molecule has 1 aromatic carbocycles. The SMILES string of the molecule is C[C@@H](N)C(=O)Nc1ccc(-c2nnc3n2CCCC3)cc1. The Morgan fingerprint density at radius 3 is 2.76 bits per heavy atom. The molecule has 0 saturated heterocycles. The zero-order valence-corrected chi connectivity index (χ0v) is 12.0. The Kier molecular flexibility index (Phi) is 3.70. The molecule has 1 aliphatic heterocycles. The third-order valence-electron chi connectivity index (χ3n) is 3.68. The number of nitrogens with zero attached hydrogens (tertiary/aromatic N) is 3. The quantitative estimate of drug-likeness (QED) is 0.896. The smallest absolute Gasteiger partial charge is 0.240 e. The second-order valence-electron chi connectivity index (χ2n) is 5.40. The summed E-state index contributed by atoms with van der Waals surface area (Å²) in [6.07, 6.45) is 3.34. The average molecular weight is 285 g/mol. The first-order valence-electron chi connectivity index (χ1n) is 7.24. The Bertz CT molecular complexity index is 645. The number of hydrogen-bond acceptors (Lipinski definition) is 4. The lowest BCUT2D eigenvalue weighted by atomic mass is 10.1. The number of carbonyl (C=O) groups excluding carboxylic acids is 1. The summed E-state index contributed by atoms with van der Waals surface area (Å²) in [6, 6.07) is 7.10. The van der Waals surface area contributed by atoms with E-state index in [-0.39, 0.29) is 5.91 Å². The molecule has 110 valence electrons. The normalized spacial score (nSPS) is 15.3. The average Bonchev–Trinajstić information content (AvgIpc) is 2.92. The molecule has 21 heavy (non-hydrogen) atoms. The molecule has 1 amide bonds. The molecule has 2 heterocycles. The molecule has 0 unspecified atom stereocenters. The van der Waals surface area contributed by atoms with E-state index in [0.29, 0.717) is 0 Å². The van der Waals surface area contributed by atoms with Gasteiger partial charge in [-0.25, -0.2) is 0 Å². The van der Waals surface area contributed by atoms with Crippen molar-refractivity contribution in [2.45, 2.75) is 38.8 Å². The summed E-state index contributed by atoms with van der Waals surface area (Å²) in [5.74, 6) is 1.77. The van der Waals surface area contributed by atoms with Gasteiger partial charge in [0.05, 0.1) is 6.04 Å². The van der Waals surface area contributed by atoms with Gasteiger partial charge in [-0.1, -0.05) is 0 Å². The number of rotatable bonds is 3. The highest BCUT2D eigenvalue weighted by Gasteiger charge is 2.16. The van der Waals surface area contributed by atoms with Crippen LogP contribution < -0.4 is 11.1 Å². The monoisotopic (exact) mass is 285 g/mol. The Morgan fingerprint density at radius 2 is 2.05 bits per heavy atom. The van der Waals surface area contributed by atoms with Crippen LogP contribution >= 0.6 is 0 Å². The number of fused-ring (bicyclic) bond motifs is 1. The maximum atomic E-state index is 11.6. The zero-order chi connectivity index (χ0) is 14.8. The van der Waals surface area contributed by atoms with Crippen LogP contribution in [0.3, 0.4) is 0 Å². The lowest BCUT2D eigenvalue weighted by Gasteiger charge is -2.15. The maximum Gasteiger partial charge on any atom is 0.240 e. The topological polar surface area (TPSA) is 85.8 Å². The van der Waals surface area contributed by atoms with Crippen molar-refractivity contribution in [3.8, 4) is 11.4 Å². The predicted octanol–water partition coefficient (Wildman–Crippen LogP) is 1.57. The molecule has 1 aliphatic rings. The van der Waals surface area contributed by atoms with E-state index in [4.69, 9.17) is 5.73 Å². The second kappa shape index (κ2) is 5.65. The van der Waals surface area contributed by atoms with E-state index in [0.717, 1.165) is 35.9 Å². The van der Waals surface area contributed by atoms with Crippen molar-refractivity contribution in [1.29, 1.82) is 0 Å². The summed E-state index contributed by atoms with van der Waals surface area (Å²) in [4.78, 5) is 11.6. The van der Waals surface area contributed by atoms with Crippen molar-refractivity contribution in [2.75, 3.05) is 5.32 Å². The minimum absolute atomic E-state index is 0.192. The van der Waals surface area contributed by atoms with Gasteiger partial charge in [-0.2, -0.15) is 0 Å². The van der Waals surface area contributed by atoms with Gasteiger partial charge < -0.3 is 15.6 Å². The van der Waals surface area contributed by atoms with Crippen molar-refractivity contribution in [2.24, 2.45) is 5.73 Å². The van der Waals surface area contributed by atoms with Crippen LogP contribution in [-0.2, 0) is 17.8 Å². The molecule has 0 radical (unpaired) electrons. The van der Waals surface area contributed by atoms with Crippen LogP contribution in [0.1, 0.15) is 25.6 Å². The van der Waals surface area contributed by atoms with Gasteiger partial charge >= 0.3 is 0 Å². The van der Waals surface area contributed by atoms with E-state index in [1.165, 1.54) is 12.8 Å². The molecular weight excluding hydrogens is 266 g/mol. The third kappa shape index (κ3) is 2.80. The van der Waals surface area contributed by atoms with Crippen LogP contribution in [0, 0.1) is 0 Å². The lowest BCUT2D eigenvalue weighted by Crippen LogP contribution is -2.32. The molecule has 6 heteroatoms. The molecule has 0 saturated carbocycles. The van der Waals surface area contributed by atoms with Crippen molar-refractivity contribution in [1.82, 2.24) is 14.8 Å². The molecule has 3 N–H and O–H groups in total. The van der Waals surface area contributed by atoms with E-state index in [9.17, 15) is 4.79 Å². The molecule has 0 aliphatic carbocycles. The lowest BCUT2D eigenvalue weighted by molar-refractivity contribution is -0.117. The van der Waals surface area contributed by atoms with Crippen LogP contribution in [0.25, 0.3) is 11.4 Å². The number of nitrogens with one attached hydrogen (secondary N) is 1. The highest BCUT2D eigenvalue weighted by atomic mass is 16.2. The van der Waals surface area contributed by atoms with Crippen LogP contribution in [0.4, 0.5) is 5.69 Å². The Hall–Kier alpha value is -2.21. The van der Waals surface area contributed by atoms with Gasteiger partial charge in [-0.05, 0) is 44.0 Å². The Balaban J connectivity index is 1.81. The van der Waals surface area contributed by atoms with Gasteiger partial charge in [-0.3, -0.25) is 4.79 Å². The first-order valence-corrected chi connectivity index (χ1v) is 7.24. The van der Waals surface area contributed by atoms with Gasteiger partial charge in [0.2, 0.25) is 5.91 Å². The third-order valence-corrected chi connectivity index (χ3v) is 3.68. The van der Waals surface area contributed by atoms with Gasteiger partial charge in [0.25, 0.3) is 0 Å². The Morgan fingerprint density at radius 1 is 1.29 bits per heavy atom. The number of nitrogens with two attached hydrogens (primary N) is 1. The number of anilines is 1. The fraction of sp³-hybridized carbons (Fsp3) is 0.400. The van der Waals surface area contributed by atoms with Crippen LogP contribution in [0.15, 0.2) is 24.3 Å². The molecular formula is C15H19N5O. The summed E-state index contributed by atoms with van der Waals surface area (Å²) in [5, 5.41) is 11.3. The minimum atomic E-state index is -0.520. The minimum Gasteiger partial charge on any atom is -0.325 e. The van der Waals surface area contributed by atoms with Gasteiger partial charge in [-0.15, -0.1) is 10.2 Å². The first kappa shape index (κ1) is 13.8. The van der Waals surface area contributed by atoms with Crippen LogP contribution in [0.2, 0.25) is 0 Å². The molecule has 0 spiro atoms. The van der Waals surface area contributed by atoms with Gasteiger partial charge in [0.1, 0.15) is 5.82 Å². The largest absolute Gasteiger partial charge is 0.325 e. The van der Waals surface area contributed by atoms with Crippen molar-refractivity contribution < 1.29 is 4.79 Å². The molecule has 3 rings (SSSR count). The number of benzene rings is 1. The van der Waals surface area contributed by atoms with E-state index >= 15 is 0 Å². The fourth-order valence-corrected chi connectivity index (χ4v) is 2.48. The number of hydrogen-bond donors (Lipinski definition) is 2. The standard InChI is InChI=1S/C15H19N5O/c1-10(16)15(21)17-12-7-5-11(6-8-12)14-19-18-13-4-2-3-9-20(13)14/h5-8,10H,2-4,9,16H2,1H3,(H,17,21)/t10-/m1/s1. The van der Waals surface area contributed by atoms with E-state index < -0.39 is 6.04 Å². The van der Waals surface area contributed by atoms with Crippen molar-refractivity contribution in [3.63, 3.8) is 0 Å². The first-order chi connectivity index (χ1) is 10.1. The predicted molar refractivity (Wildman–Crippen MR) is 80.7 cm³/mol. The summed E-state index contributed by atoms with van der Waals surface area (Å²) < 4.78 is 2.18. The van der Waals surface area contributed by atoms with E-state index in [2.05, 4.69) is 20.1 Å². The number of aromatic nitrogens is 3. The number of amides is 1. The molecule has 0 fully saturated rings. The van der Waals surface area contributed by atoms with Crippen molar-refractivity contribution in [3.05, 3.63) is 30.1 Å².